The van der Waals surface area contributed by atoms with Gasteiger partial charge in [0.05, 0.1) is 6.20 Å². The van der Waals surface area contributed by atoms with Gasteiger partial charge in [-0.05, 0) is 55.1 Å². The van der Waals surface area contributed by atoms with Gasteiger partial charge < -0.3 is 9.64 Å². The van der Waals surface area contributed by atoms with E-state index < -0.39 is 24.3 Å². The smallest absolute Gasteiger partial charge is 0.357 e. The van der Waals surface area contributed by atoms with Crippen molar-refractivity contribution < 1.29 is 23.1 Å². The van der Waals surface area contributed by atoms with Crippen LogP contribution in [0.15, 0.2) is 59.9 Å². The summed E-state index contributed by atoms with van der Waals surface area (Å²) in [5.74, 6) is -1.92. The van der Waals surface area contributed by atoms with Crippen LogP contribution in [-0.4, -0.2) is 45.7 Å². The highest BCUT2D eigenvalue weighted by Gasteiger charge is 2.21. The molecule has 0 spiro atoms. The number of ether oxygens (including phenoxy) is 1. The van der Waals surface area contributed by atoms with Gasteiger partial charge >= 0.3 is 5.97 Å². The molecule has 6 nitrogen and oxygen atoms in total. The van der Waals surface area contributed by atoms with Crippen molar-refractivity contribution >= 4 is 23.6 Å². The Hall–Kier alpha value is -3.20. The number of esters is 1. The standard InChI is InChI=1S/C22H21F2N3O3S/c1-3-26(13-15-5-4-6-17(24)11-15)20(28)14-30-21(29)19-12-25-22(31-2)27(19)18-9-7-16(23)8-10-18/h4-12H,3,13-14H2,1-2H3. The van der Waals surface area contributed by atoms with E-state index in [0.717, 1.165) is 0 Å². The van der Waals surface area contributed by atoms with Crippen LogP contribution >= 0.6 is 11.8 Å². The van der Waals surface area contributed by atoms with Crippen molar-refractivity contribution in [2.24, 2.45) is 0 Å². The normalized spacial score (nSPS) is 10.7. The first-order chi connectivity index (χ1) is 14.9. The van der Waals surface area contributed by atoms with Crippen LogP contribution in [0.1, 0.15) is 23.0 Å². The third-order valence-electron chi connectivity index (χ3n) is 4.53. The van der Waals surface area contributed by atoms with Crippen LogP contribution in [0.4, 0.5) is 8.78 Å². The summed E-state index contributed by atoms with van der Waals surface area (Å²) in [4.78, 5) is 30.9. The maximum atomic E-state index is 13.4. The maximum absolute atomic E-state index is 13.4. The summed E-state index contributed by atoms with van der Waals surface area (Å²) in [6, 6.07) is 11.6. The number of benzene rings is 2. The molecule has 3 aromatic rings. The average molecular weight is 445 g/mol. The van der Waals surface area contributed by atoms with Gasteiger partial charge in [-0.25, -0.2) is 18.6 Å². The van der Waals surface area contributed by atoms with Crippen molar-refractivity contribution in [3.05, 3.63) is 77.6 Å². The van der Waals surface area contributed by atoms with Gasteiger partial charge in [0.1, 0.15) is 11.6 Å². The number of amides is 1. The highest BCUT2D eigenvalue weighted by molar-refractivity contribution is 7.98. The molecule has 9 heteroatoms. The first-order valence-electron chi connectivity index (χ1n) is 9.50. The summed E-state index contributed by atoms with van der Waals surface area (Å²) in [6.45, 7) is 1.89. The second-order valence-electron chi connectivity index (χ2n) is 6.56. The number of hydrogen-bond donors (Lipinski definition) is 0. The zero-order chi connectivity index (χ0) is 22.4. The Morgan fingerprint density at radius 1 is 1.13 bits per heavy atom. The molecule has 0 fully saturated rings. The lowest BCUT2D eigenvalue weighted by Crippen LogP contribution is -2.34. The highest BCUT2D eigenvalue weighted by atomic mass is 32.2. The third-order valence-corrected chi connectivity index (χ3v) is 5.18. The van der Waals surface area contributed by atoms with Gasteiger partial charge in [-0.1, -0.05) is 23.9 Å². The monoisotopic (exact) mass is 445 g/mol. The summed E-state index contributed by atoms with van der Waals surface area (Å²) >= 11 is 1.31. The summed E-state index contributed by atoms with van der Waals surface area (Å²) in [5, 5.41) is 0.520. The minimum Gasteiger partial charge on any atom is -0.451 e. The van der Waals surface area contributed by atoms with Crippen LogP contribution in [0.3, 0.4) is 0 Å². The number of thioether (sulfide) groups is 1. The van der Waals surface area contributed by atoms with Crippen LogP contribution in [0.5, 0.6) is 0 Å². The Balaban J connectivity index is 1.71. The lowest BCUT2D eigenvalue weighted by molar-refractivity contribution is -0.135. The van der Waals surface area contributed by atoms with E-state index in [1.807, 2.05) is 0 Å². The number of halogens is 2. The van der Waals surface area contributed by atoms with Gasteiger partial charge in [-0.15, -0.1) is 0 Å². The number of likely N-dealkylation sites (N-methyl/N-ethyl adjacent to an activating group) is 1. The molecule has 2 aromatic carbocycles. The molecule has 0 bridgehead atoms. The molecular formula is C22H21F2N3O3S. The minimum absolute atomic E-state index is 0.122. The third kappa shape index (κ3) is 5.49. The van der Waals surface area contributed by atoms with Crippen molar-refractivity contribution in [3.63, 3.8) is 0 Å². The number of carbonyl (C=O) groups is 2. The minimum atomic E-state index is -0.729. The molecule has 3 rings (SSSR count). The maximum Gasteiger partial charge on any atom is 0.357 e. The predicted octanol–water partition coefficient (Wildman–Crippen LogP) is 4.08. The zero-order valence-corrected chi connectivity index (χ0v) is 17.9. The number of carbonyl (C=O) groups excluding carboxylic acids is 2. The molecule has 0 atom stereocenters. The van der Waals surface area contributed by atoms with E-state index in [-0.39, 0.29) is 18.1 Å². The topological polar surface area (TPSA) is 64.4 Å². The van der Waals surface area contributed by atoms with Crippen LogP contribution < -0.4 is 0 Å². The molecule has 1 heterocycles. The van der Waals surface area contributed by atoms with Crippen molar-refractivity contribution in [1.29, 1.82) is 0 Å². The molecule has 1 aromatic heterocycles. The molecule has 0 aliphatic heterocycles. The average Bonchev–Trinajstić information content (AvgIpc) is 3.20. The second-order valence-corrected chi connectivity index (χ2v) is 7.33. The lowest BCUT2D eigenvalue weighted by atomic mass is 10.2. The molecule has 0 unspecified atom stereocenters. The fourth-order valence-electron chi connectivity index (χ4n) is 2.99. The van der Waals surface area contributed by atoms with Gasteiger partial charge in [0, 0.05) is 18.8 Å². The molecule has 1 amide bonds. The first-order valence-corrected chi connectivity index (χ1v) is 10.7. The molecule has 0 saturated carbocycles. The van der Waals surface area contributed by atoms with E-state index in [9.17, 15) is 18.4 Å². The number of nitrogens with zero attached hydrogens (tertiary/aromatic N) is 3. The van der Waals surface area contributed by atoms with Crippen LogP contribution in [0.2, 0.25) is 0 Å². The number of rotatable bonds is 8. The van der Waals surface area contributed by atoms with Gasteiger partial charge in [-0.2, -0.15) is 0 Å². The molecule has 0 aliphatic carbocycles. The predicted molar refractivity (Wildman–Crippen MR) is 113 cm³/mol. The molecule has 162 valence electrons. The molecular weight excluding hydrogens is 424 g/mol. The quantitative estimate of drug-likeness (QED) is 0.386. The van der Waals surface area contributed by atoms with Crippen molar-refractivity contribution in [2.75, 3.05) is 19.4 Å². The van der Waals surface area contributed by atoms with Crippen molar-refractivity contribution in [1.82, 2.24) is 14.5 Å². The Kier molecular flexibility index (Phi) is 7.41. The molecule has 0 aliphatic rings. The largest absolute Gasteiger partial charge is 0.451 e. The summed E-state index contributed by atoms with van der Waals surface area (Å²) in [5.41, 5.74) is 1.31. The number of imidazole rings is 1. The second kappa shape index (κ2) is 10.2. The summed E-state index contributed by atoms with van der Waals surface area (Å²) in [6.07, 6.45) is 3.15. The van der Waals surface area contributed by atoms with E-state index in [1.165, 1.54) is 59.3 Å². The SMILES string of the molecule is CCN(Cc1cccc(F)c1)C(=O)COC(=O)c1cnc(SC)n1-c1ccc(F)cc1. The van der Waals surface area contributed by atoms with Gasteiger partial charge in [0.15, 0.2) is 17.5 Å². The van der Waals surface area contributed by atoms with Crippen molar-refractivity contribution in [3.8, 4) is 5.69 Å². The fraction of sp³-hybridized carbons (Fsp3) is 0.227. The molecule has 0 saturated heterocycles. The molecule has 0 N–H and O–H groups in total. The van der Waals surface area contributed by atoms with Crippen LogP contribution in [0, 0.1) is 11.6 Å². The van der Waals surface area contributed by atoms with E-state index in [2.05, 4.69) is 4.98 Å². The lowest BCUT2D eigenvalue weighted by Gasteiger charge is -2.21. The van der Waals surface area contributed by atoms with E-state index in [0.29, 0.717) is 23.0 Å². The number of hydrogen-bond acceptors (Lipinski definition) is 5. The number of aromatic nitrogens is 2. The van der Waals surface area contributed by atoms with Crippen molar-refractivity contribution in [2.45, 2.75) is 18.6 Å². The van der Waals surface area contributed by atoms with E-state index in [1.54, 1.807) is 29.9 Å². The van der Waals surface area contributed by atoms with Gasteiger partial charge in [0.25, 0.3) is 5.91 Å². The first kappa shape index (κ1) is 22.5. The fourth-order valence-corrected chi connectivity index (χ4v) is 3.53. The van der Waals surface area contributed by atoms with Gasteiger partial charge in [-0.3, -0.25) is 9.36 Å². The van der Waals surface area contributed by atoms with Gasteiger partial charge in [0.2, 0.25) is 0 Å². The van der Waals surface area contributed by atoms with Crippen LogP contribution in [-0.2, 0) is 16.1 Å². The zero-order valence-electron chi connectivity index (χ0n) is 17.0. The Labute approximate surface area is 182 Å². The molecule has 31 heavy (non-hydrogen) atoms. The molecule has 0 radical (unpaired) electrons. The summed E-state index contributed by atoms with van der Waals surface area (Å²) in [7, 11) is 0. The Bertz CT molecular complexity index is 1070. The summed E-state index contributed by atoms with van der Waals surface area (Å²) < 4.78 is 33.4. The highest BCUT2D eigenvalue weighted by Crippen LogP contribution is 2.22. The Morgan fingerprint density at radius 3 is 2.52 bits per heavy atom. The Morgan fingerprint density at radius 2 is 1.87 bits per heavy atom. The van der Waals surface area contributed by atoms with E-state index >= 15 is 0 Å². The van der Waals surface area contributed by atoms with E-state index in [4.69, 9.17) is 4.74 Å². The van der Waals surface area contributed by atoms with Crippen LogP contribution in [0.25, 0.3) is 5.69 Å².